The number of guanidine groups is 1. The van der Waals surface area contributed by atoms with E-state index >= 15 is 0 Å². The van der Waals surface area contributed by atoms with Crippen LogP contribution in [-0.2, 0) is 16.6 Å². The number of aliphatic imine (C=N–C) groups is 1. The van der Waals surface area contributed by atoms with Gasteiger partial charge in [-0.25, -0.2) is 17.8 Å². The highest BCUT2D eigenvalue weighted by Gasteiger charge is 2.50. The van der Waals surface area contributed by atoms with Gasteiger partial charge in [0.1, 0.15) is 5.82 Å². The van der Waals surface area contributed by atoms with Crippen molar-refractivity contribution in [2.45, 2.75) is 37.9 Å². The zero-order chi connectivity index (χ0) is 21.7. The van der Waals surface area contributed by atoms with E-state index in [1.807, 2.05) is 13.0 Å². The zero-order valence-corrected chi connectivity index (χ0v) is 19.2. The van der Waals surface area contributed by atoms with Gasteiger partial charge in [-0.2, -0.15) is 22.7 Å². The van der Waals surface area contributed by atoms with Gasteiger partial charge in [-0.05, 0) is 38.0 Å². The summed E-state index contributed by atoms with van der Waals surface area (Å²) in [5, 5.41) is 14.9. The largest absolute Gasteiger partial charge is 0.511 e. The maximum absolute atomic E-state index is 13.9. The van der Waals surface area contributed by atoms with E-state index < -0.39 is 21.3 Å². The fraction of sp³-hybridized carbons (Fsp3) is 0.529. The first kappa shape index (κ1) is 26.4. The highest BCUT2D eigenvalue weighted by molar-refractivity contribution is 14.0. The Balaban J connectivity index is 0.00000450. The van der Waals surface area contributed by atoms with Crippen LogP contribution in [0.2, 0.25) is 0 Å². The van der Waals surface area contributed by atoms with Crippen LogP contribution in [-0.4, -0.2) is 49.9 Å². The minimum Gasteiger partial charge on any atom is -0.357 e. The van der Waals surface area contributed by atoms with Gasteiger partial charge in [0.2, 0.25) is 0 Å². The predicted octanol–water partition coefficient (Wildman–Crippen LogP) is 2.68. The minimum atomic E-state index is -5.33. The van der Waals surface area contributed by atoms with Crippen LogP contribution < -0.4 is 10.6 Å². The normalized spacial score (nSPS) is 16.5. The predicted molar refractivity (Wildman–Crippen MR) is 114 cm³/mol. The van der Waals surface area contributed by atoms with Crippen LogP contribution in [0.4, 0.5) is 17.6 Å². The van der Waals surface area contributed by atoms with Crippen molar-refractivity contribution >= 4 is 40.0 Å². The van der Waals surface area contributed by atoms with E-state index in [1.165, 1.54) is 18.2 Å². The van der Waals surface area contributed by atoms with Crippen LogP contribution in [0.3, 0.4) is 0 Å². The van der Waals surface area contributed by atoms with Crippen molar-refractivity contribution in [1.82, 2.24) is 14.9 Å². The summed E-state index contributed by atoms with van der Waals surface area (Å²) in [4.78, 5) is 4.25. The third kappa shape index (κ3) is 6.67. The van der Waals surface area contributed by atoms with E-state index in [0.717, 1.165) is 0 Å². The molecule has 0 amide bonds. The molecule has 7 nitrogen and oxygen atoms in total. The Kier molecular flexibility index (Phi) is 9.76. The lowest BCUT2D eigenvalue weighted by atomic mass is 10.1. The van der Waals surface area contributed by atoms with Crippen molar-refractivity contribution in [3.63, 3.8) is 0 Å². The second-order valence-corrected chi connectivity index (χ2v) is 8.31. The van der Waals surface area contributed by atoms with Gasteiger partial charge >= 0.3 is 15.5 Å². The van der Waals surface area contributed by atoms with Gasteiger partial charge in [0, 0.05) is 31.2 Å². The molecular formula is C17H22F4IN5O2S. The van der Waals surface area contributed by atoms with E-state index in [-0.39, 0.29) is 68.1 Å². The van der Waals surface area contributed by atoms with E-state index in [2.05, 4.69) is 15.6 Å². The number of halogens is 5. The Labute approximate surface area is 189 Å². The third-order valence-electron chi connectivity index (χ3n) is 4.35. The number of nitrogens with zero attached hydrogens (tertiary/aromatic N) is 3. The lowest BCUT2D eigenvalue weighted by molar-refractivity contribution is -0.0494. The van der Waals surface area contributed by atoms with Crippen molar-refractivity contribution in [3.8, 4) is 6.07 Å². The molecule has 1 heterocycles. The van der Waals surface area contributed by atoms with Crippen molar-refractivity contribution < 1.29 is 26.0 Å². The molecule has 30 heavy (non-hydrogen) atoms. The van der Waals surface area contributed by atoms with Crippen molar-refractivity contribution in [2.24, 2.45) is 4.99 Å². The van der Waals surface area contributed by atoms with Gasteiger partial charge in [0.15, 0.2) is 5.96 Å². The molecule has 0 atom stereocenters. The average molecular weight is 563 g/mol. The summed E-state index contributed by atoms with van der Waals surface area (Å²) in [5.74, 6) is -0.180. The summed E-state index contributed by atoms with van der Waals surface area (Å²) in [6.45, 7) is 1.73. The molecular weight excluding hydrogens is 541 g/mol. The molecule has 13 heteroatoms. The molecule has 168 valence electrons. The molecule has 0 unspecified atom stereocenters. The smallest absolute Gasteiger partial charge is 0.357 e. The van der Waals surface area contributed by atoms with Crippen molar-refractivity contribution in [2.75, 3.05) is 19.6 Å². The molecule has 1 aromatic carbocycles. The standard InChI is InChI=1S/C17H21F4N5O2S.HI/c1-2-23-16(24-11-13-9-12(10-22)3-4-15(13)18)25-14-5-7-26(8-6-14)29(27,28)17(19,20)21;/h3-4,9,14H,2,5-8,11H2,1H3,(H2,23,24,25);1H. The maximum Gasteiger partial charge on any atom is 0.511 e. The first-order valence-electron chi connectivity index (χ1n) is 8.88. The highest BCUT2D eigenvalue weighted by Crippen LogP contribution is 2.28. The zero-order valence-electron chi connectivity index (χ0n) is 16.0. The summed E-state index contributed by atoms with van der Waals surface area (Å²) < 4.78 is 75.2. The lowest BCUT2D eigenvalue weighted by Gasteiger charge is -2.32. The van der Waals surface area contributed by atoms with Crippen LogP contribution in [0.25, 0.3) is 0 Å². The Morgan fingerprint density at radius 3 is 2.50 bits per heavy atom. The quantitative estimate of drug-likeness (QED) is 0.249. The second kappa shape index (κ2) is 11.1. The SMILES string of the molecule is CCNC(=NCc1cc(C#N)ccc1F)NC1CCN(S(=O)(=O)C(F)(F)F)CC1.I. The van der Waals surface area contributed by atoms with E-state index in [9.17, 15) is 26.0 Å². The number of rotatable bonds is 5. The fourth-order valence-corrected chi connectivity index (χ4v) is 3.81. The summed E-state index contributed by atoms with van der Waals surface area (Å²) >= 11 is 0. The van der Waals surface area contributed by atoms with Crippen molar-refractivity contribution in [3.05, 3.63) is 35.1 Å². The van der Waals surface area contributed by atoms with Crippen LogP contribution in [0.1, 0.15) is 30.9 Å². The number of hydrogen-bond acceptors (Lipinski definition) is 4. The van der Waals surface area contributed by atoms with Gasteiger partial charge in [-0.15, -0.1) is 24.0 Å². The van der Waals surface area contributed by atoms with Crippen molar-refractivity contribution in [1.29, 1.82) is 5.26 Å². The van der Waals surface area contributed by atoms with Gasteiger partial charge in [-0.1, -0.05) is 0 Å². The van der Waals surface area contributed by atoms with Crippen LogP contribution in [0.15, 0.2) is 23.2 Å². The highest BCUT2D eigenvalue weighted by atomic mass is 127. The van der Waals surface area contributed by atoms with Gasteiger partial charge in [0.25, 0.3) is 0 Å². The molecule has 1 fully saturated rings. The summed E-state index contributed by atoms with van der Waals surface area (Å²) in [7, 11) is -5.33. The van der Waals surface area contributed by atoms with E-state index in [1.54, 1.807) is 0 Å². The molecule has 1 aromatic rings. The van der Waals surface area contributed by atoms with Gasteiger partial charge in [-0.3, -0.25) is 0 Å². The third-order valence-corrected chi connectivity index (χ3v) is 5.98. The number of nitrogens with one attached hydrogen (secondary N) is 2. The fourth-order valence-electron chi connectivity index (χ4n) is 2.83. The Hall–Kier alpha value is -1.66. The van der Waals surface area contributed by atoms with Gasteiger partial charge in [0.05, 0.1) is 18.2 Å². The molecule has 1 aliphatic heterocycles. The van der Waals surface area contributed by atoms with Gasteiger partial charge < -0.3 is 10.6 Å². The molecule has 0 aromatic heterocycles. The molecule has 1 aliphatic rings. The van der Waals surface area contributed by atoms with E-state index in [4.69, 9.17) is 5.26 Å². The monoisotopic (exact) mass is 563 g/mol. The number of hydrogen-bond donors (Lipinski definition) is 2. The maximum atomic E-state index is 13.9. The molecule has 0 bridgehead atoms. The minimum absolute atomic E-state index is 0. The summed E-state index contributed by atoms with van der Waals surface area (Å²) in [6.07, 6.45) is 0.329. The average Bonchev–Trinajstić information content (AvgIpc) is 2.67. The molecule has 2 N–H and O–H groups in total. The van der Waals surface area contributed by atoms with Crippen LogP contribution in [0, 0.1) is 17.1 Å². The molecule has 0 radical (unpaired) electrons. The Bertz CT molecular complexity index is 894. The number of alkyl halides is 3. The number of benzene rings is 1. The first-order chi connectivity index (χ1) is 13.6. The second-order valence-electron chi connectivity index (χ2n) is 6.38. The Morgan fingerprint density at radius 1 is 1.33 bits per heavy atom. The molecule has 0 aliphatic carbocycles. The molecule has 0 saturated carbocycles. The molecule has 2 rings (SSSR count). The molecule has 1 saturated heterocycles. The number of piperidine rings is 1. The first-order valence-corrected chi connectivity index (χ1v) is 10.3. The topological polar surface area (TPSA) is 97.6 Å². The van der Waals surface area contributed by atoms with Crippen LogP contribution in [0.5, 0.6) is 0 Å². The molecule has 0 spiro atoms. The Morgan fingerprint density at radius 2 is 1.97 bits per heavy atom. The lowest BCUT2D eigenvalue weighted by Crippen LogP contribution is -2.51. The van der Waals surface area contributed by atoms with Crippen LogP contribution >= 0.6 is 24.0 Å². The summed E-state index contributed by atoms with van der Waals surface area (Å²) in [5.41, 5.74) is -4.79. The number of nitriles is 1. The summed E-state index contributed by atoms with van der Waals surface area (Å²) in [6, 6.07) is 5.56. The number of sulfonamides is 1. The van der Waals surface area contributed by atoms with E-state index in [0.29, 0.717) is 22.4 Å².